The van der Waals surface area contributed by atoms with Gasteiger partial charge in [0.05, 0.1) is 0 Å². The summed E-state index contributed by atoms with van der Waals surface area (Å²) in [6.07, 6.45) is 2.83. The lowest BCUT2D eigenvalue weighted by atomic mass is 9.94. The fourth-order valence-corrected chi connectivity index (χ4v) is 4.56. The van der Waals surface area contributed by atoms with Gasteiger partial charge in [-0.2, -0.15) is 0 Å². The summed E-state index contributed by atoms with van der Waals surface area (Å²) >= 11 is 0. The summed E-state index contributed by atoms with van der Waals surface area (Å²) in [6, 6.07) is 27.6. The van der Waals surface area contributed by atoms with E-state index in [1.165, 1.54) is 19.1 Å². The van der Waals surface area contributed by atoms with Crippen LogP contribution in [0.25, 0.3) is 0 Å². The average Bonchev–Trinajstić information content (AvgIpc) is 3.00. The van der Waals surface area contributed by atoms with Crippen molar-refractivity contribution in [3.8, 4) is 11.5 Å². The molecular weight excluding hydrogens is 544 g/mol. The molecule has 0 spiro atoms. The highest BCUT2D eigenvalue weighted by Crippen LogP contribution is 2.25. The molecule has 0 amide bonds. The first kappa shape index (κ1) is 28.8. The Morgan fingerprint density at radius 2 is 0.953 bits per heavy atom. The molecule has 0 unspecified atom stereocenters. The van der Waals surface area contributed by atoms with Gasteiger partial charge in [0.25, 0.3) is 0 Å². The number of aryl methyl sites for hydroxylation is 1. The van der Waals surface area contributed by atoms with Crippen LogP contribution in [0.4, 0.5) is 0 Å². The molecule has 2 aliphatic carbocycles. The van der Waals surface area contributed by atoms with Crippen molar-refractivity contribution >= 4 is 28.9 Å². The van der Waals surface area contributed by atoms with Crippen molar-refractivity contribution in [2.24, 2.45) is 0 Å². The third kappa shape index (κ3) is 6.63. The van der Waals surface area contributed by atoms with E-state index < -0.39 is 0 Å². The molecule has 0 heterocycles. The Bertz CT molecular complexity index is 1820. The molecule has 0 radical (unpaired) electrons. The van der Waals surface area contributed by atoms with Crippen LogP contribution >= 0.6 is 0 Å². The van der Waals surface area contributed by atoms with Gasteiger partial charge in [-0.05, 0) is 43.7 Å². The monoisotopic (exact) mass is 570 g/mol. The van der Waals surface area contributed by atoms with Gasteiger partial charge in [-0.1, -0.05) is 78.4 Å². The molecule has 2 aliphatic rings. The van der Waals surface area contributed by atoms with Gasteiger partial charge in [-0.15, -0.1) is 0 Å². The van der Waals surface area contributed by atoms with E-state index in [-0.39, 0.29) is 40.4 Å². The van der Waals surface area contributed by atoms with E-state index in [4.69, 9.17) is 9.47 Å². The van der Waals surface area contributed by atoms with Crippen molar-refractivity contribution in [2.45, 2.75) is 20.3 Å². The molecule has 7 nitrogen and oxygen atoms in total. The van der Waals surface area contributed by atoms with E-state index in [9.17, 15) is 24.0 Å². The van der Waals surface area contributed by atoms with Crippen LogP contribution in [0.1, 0.15) is 59.5 Å². The first-order chi connectivity index (χ1) is 20.7. The van der Waals surface area contributed by atoms with E-state index in [0.29, 0.717) is 40.2 Å². The second-order valence-corrected chi connectivity index (χ2v) is 10.0. The Hall–Kier alpha value is -5.69. The predicted molar refractivity (Wildman–Crippen MR) is 160 cm³/mol. The van der Waals surface area contributed by atoms with Crippen LogP contribution in [0.5, 0.6) is 11.5 Å². The number of carbonyl (C=O) groups excluding carboxylic acids is 5. The molecule has 212 valence electrons. The second-order valence-electron chi connectivity index (χ2n) is 10.0. The molecule has 0 fully saturated rings. The number of allylic oxidation sites excluding steroid dienone is 4. The zero-order valence-corrected chi connectivity index (χ0v) is 23.5. The molecule has 6 rings (SSSR count). The zero-order valence-electron chi connectivity index (χ0n) is 23.5. The summed E-state index contributed by atoms with van der Waals surface area (Å²) in [4.78, 5) is 59.8. The van der Waals surface area contributed by atoms with Gasteiger partial charge in [0, 0.05) is 40.8 Å². The number of carbonyl (C=O) groups is 5. The molecule has 4 aromatic rings. The summed E-state index contributed by atoms with van der Waals surface area (Å²) in [7, 11) is 0. The van der Waals surface area contributed by atoms with Gasteiger partial charge < -0.3 is 9.47 Å². The Morgan fingerprint density at radius 1 is 0.558 bits per heavy atom. The van der Waals surface area contributed by atoms with Crippen LogP contribution in [-0.2, 0) is 11.2 Å². The van der Waals surface area contributed by atoms with E-state index in [1.54, 1.807) is 84.9 Å². The Morgan fingerprint density at radius 3 is 1.37 bits per heavy atom. The molecule has 0 atom stereocenters. The van der Waals surface area contributed by atoms with Gasteiger partial charge in [0.1, 0.15) is 17.3 Å². The maximum Gasteiger partial charge on any atom is 0.229 e. The first-order valence-corrected chi connectivity index (χ1v) is 13.5. The standard InChI is InChI=1S/C19H14O4.C17H12O3/c1-12(20)10-13-6-8-14(9-7-13)23-18-11-17(21)15-4-2-3-5-16(15)19(18)22;1-11-6-8-12(9-7-11)20-16-10-15(18)13-4-2-3-5-14(13)17(16)19/h2-9,11H,10H2,1H3;2-10H,1H3. The van der Waals surface area contributed by atoms with Gasteiger partial charge in [0.2, 0.25) is 11.6 Å². The summed E-state index contributed by atoms with van der Waals surface area (Å²) in [6.45, 7) is 3.49. The van der Waals surface area contributed by atoms with Crippen molar-refractivity contribution in [1.29, 1.82) is 0 Å². The molecule has 0 aliphatic heterocycles. The van der Waals surface area contributed by atoms with Crippen LogP contribution in [0, 0.1) is 6.92 Å². The van der Waals surface area contributed by atoms with Crippen LogP contribution in [0.3, 0.4) is 0 Å². The Balaban J connectivity index is 0.000000173. The summed E-state index contributed by atoms with van der Waals surface area (Å²) in [5, 5.41) is 0. The molecule has 0 N–H and O–H groups in total. The van der Waals surface area contributed by atoms with Crippen LogP contribution in [-0.4, -0.2) is 28.9 Å². The van der Waals surface area contributed by atoms with E-state index in [1.807, 2.05) is 19.1 Å². The lowest BCUT2D eigenvalue weighted by molar-refractivity contribution is -0.116. The number of ketones is 5. The highest BCUT2D eigenvalue weighted by molar-refractivity contribution is 6.24. The number of hydrogen-bond donors (Lipinski definition) is 0. The van der Waals surface area contributed by atoms with Gasteiger partial charge >= 0.3 is 0 Å². The molecule has 0 saturated carbocycles. The first-order valence-electron chi connectivity index (χ1n) is 13.5. The fraction of sp³-hybridized carbons (Fsp3) is 0.0833. The van der Waals surface area contributed by atoms with Crippen molar-refractivity contribution in [3.05, 3.63) is 154 Å². The smallest absolute Gasteiger partial charge is 0.229 e. The maximum absolute atomic E-state index is 12.4. The Labute approximate surface area is 248 Å². The number of benzene rings is 4. The van der Waals surface area contributed by atoms with E-state index >= 15 is 0 Å². The molecule has 43 heavy (non-hydrogen) atoms. The zero-order chi connectivity index (χ0) is 30.5. The highest BCUT2D eigenvalue weighted by atomic mass is 16.5. The van der Waals surface area contributed by atoms with Crippen molar-refractivity contribution in [1.82, 2.24) is 0 Å². The number of Topliss-reactive ketones (excluding diaryl/α,β-unsaturated/α-hetero) is 3. The quantitative estimate of drug-likeness (QED) is 0.261. The minimum absolute atomic E-state index is 0.00742. The maximum atomic E-state index is 12.4. The Kier molecular flexibility index (Phi) is 8.34. The lowest BCUT2D eigenvalue weighted by Gasteiger charge is -2.15. The van der Waals surface area contributed by atoms with Crippen molar-refractivity contribution < 1.29 is 33.4 Å². The third-order valence-corrected chi connectivity index (χ3v) is 6.70. The minimum atomic E-state index is -0.312. The molecule has 0 bridgehead atoms. The average molecular weight is 571 g/mol. The third-order valence-electron chi connectivity index (χ3n) is 6.70. The van der Waals surface area contributed by atoms with Gasteiger partial charge in [0.15, 0.2) is 23.1 Å². The van der Waals surface area contributed by atoms with Crippen molar-refractivity contribution in [3.63, 3.8) is 0 Å². The number of fused-ring (bicyclic) bond motifs is 2. The van der Waals surface area contributed by atoms with Crippen molar-refractivity contribution in [2.75, 3.05) is 0 Å². The molecule has 4 aromatic carbocycles. The molecular formula is C36H26O7. The van der Waals surface area contributed by atoms with Crippen LogP contribution in [0.2, 0.25) is 0 Å². The van der Waals surface area contributed by atoms with E-state index in [0.717, 1.165) is 11.1 Å². The predicted octanol–water partition coefficient (Wildman–Crippen LogP) is 6.50. The second kappa shape index (κ2) is 12.4. The van der Waals surface area contributed by atoms with Gasteiger partial charge in [-0.25, -0.2) is 0 Å². The SMILES string of the molecule is CC(=O)Cc1ccc(OC2=CC(=O)c3ccccc3C2=O)cc1.Cc1ccc(OC2=CC(=O)c3ccccc3C2=O)cc1. The van der Waals surface area contributed by atoms with Crippen LogP contribution in [0.15, 0.2) is 121 Å². The normalized spacial score (nSPS) is 13.5. The summed E-state index contributed by atoms with van der Waals surface area (Å²) in [5.41, 5.74) is 3.53. The van der Waals surface area contributed by atoms with E-state index in [2.05, 4.69) is 0 Å². The largest absolute Gasteiger partial charge is 0.453 e. The topological polar surface area (TPSA) is 104 Å². The number of ether oxygens (including phenoxy) is 2. The van der Waals surface area contributed by atoms with Crippen LogP contribution < -0.4 is 9.47 Å². The lowest BCUT2D eigenvalue weighted by Crippen LogP contribution is -2.20. The fourth-order valence-electron chi connectivity index (χ4n) is 4.56. The summed E-state index contributed by atoms with van der Waals surface area (Å²) in [5.74, 6) is 0.113. The molecule has 0 saturated heterocycles. The minimum Gasteiger partial charge on any atom is -0.453 e. The van der Waals surface area contributed by atoms with Gasteiger partial charge in [-0.3, -0.25) is 24.0 Å². The number of hydrogen-bond acceptors (Lipinski definition) is 7. The molecule has 7 heteroatoms. The summed E-state index contributed by atoms with van der Waals surface area (Å²) < 4.78 is 11.1. The highest BCUT2D eigenvalue weighted by Gasteiger charge is 2.27. The molecule has 0 aromatic heterocycles. The number of rotatable bonds is 6.